The summed E-state index contributed by atoms with van der Waals surface area (Å²) in [6.45, 7) is 3.19. The lowest BCUT2D eigenvalue weighted by Gasteiger charge is -2.17. The van der Waals surface area contributed by atoms with Gasteiger partial charge in [0.15, 0.2) is 0 Å². The van der Waals surface area contributed by atoms with Crippen molar-refractivity contribution in [1.29, 1.82) is 0 Å². The molecule has 0 aromatic carbocycles. The number of carbonyl (C=O) groups is 3. The summed E-state index contributed by atoms with van der Waals surface area (Å²) >= 11 is 0. The van der Waals surface area contributed by atoms with Gasteiger partial charge in [0.05, 0.1) is 6.34 Å². The number of nitrogens with zero attached hydrogens (tertiary/aromatic N) is 1. The van der Waals surface area contributed by atoms with Crippen LogP contribution in [0, 0.1) is 0 Å². The molecule has 0 radical (unpaired) electrons. The zero-order valence-corrected chi connectivity index (χ0v) is 13.7. The van der Waals surface area contributed by atoms with Crippen molar-refractivity contribution in [2.24, 2.45) is 16.5 Å². The van der Waals surface area contributed by atoms with Gasteiger partial charge in [-0.2, -0.15) is 0 Å². The average Bonchev–Trinajstić information content (AvgIpc) is 2.47. The summed E-state index contributed by atoms with van der Waals surface area (Å²) in [7, 11) is 1.63. The van der Waals surface area contributed by atoms with E-state index in [1.165, 1.54) is 20.0 Å². The molecular weight excluding hydrogens is 304 g/mol. The second-order valence-corrected chi connectivity index (χ2v) is 4.12. The summed E-state index contributed by atoms with van der Waals surface area (Å²) in [6.07, 6.45) is 5.07. The van der Waals surface area contributed by atoms with Crippen molar-refractivity contribution in [2.45, 2.75) is 39.0 Å². The lowest BCUT2D eigenvalue weighted by atomic mass is 10.2. The van der Waals surface area contributed by atoms with Crippen LogP contribution in [0.4, 0.5) is 0 Å². The Labute approximate surface area is 136 Å². The maximum atomic E-state index is 11.7. The number of ether oxygens (including phenoxy) is 2. The second-order valence-electron chi connectivity index (χ2n) is 4.12. The van der Waals surface area contributed by atoms with E-state index in [2.05, 4.69) is 10.3 Å². The van der Waals surface area contributed by atoms with Gasteiger partial charge in [0.25, 0.3) is 0 Å². The van der Waals surface area contributed by atoms with Crippen molar-refractivity contribution in [2.75, 3.05) is 13.6 Å². The molecule has 0 aliphatic carbocycles. The van der Waals surface area contributed by atoms with E-state index in [-0.39, 0.29) is 0 Å². The molecule has 0 amide bonds. The Morgan fingerprint density at radius 2 is 2.00 bits per heavy atom. The first-order valence-corrected chi connectivity index (χ1v) is 6.99. The summed E-state index contributed by atoms with van der Waals surface area (Å²) in [4.78, 5) is 35.3. The van der Waals surface area contributed by atoms with Gasteiger partial charge in [-0.05, 0) is 20.0 Å². The molecule has 9 heteroatoms. The zero-order valence-electron chi connectivity index (χ0n) is 13.7. The van der Waals surface area contributed by atoms with Crippen molar-refractivity contribution in [3.05, 3.63) is 12.3 Å². The van der Waals surface area contributed by atoms with Crippen LogP contribution in [0.2, 0.25) is 0 Å². The molecule has 0 heterocycles. The standard InChI is InChI=1S/C11H19N3O4.C3H7NO/c1-8(15)17-9(2)18-11(16)10(13-3)5-4-6-14-7-12;4-2-1-3-5/h4,6-7,9-10,13H,5H2,1-3H3,(H2,12,14);3H,1-2,4H2/b6-4+;. The number of rotatable bonds is 9. The summed E-state index contributed by atoms with van der Waals surface area (Å²) in [5.41, 5.74) is 9.96. The van der Waals surface area contributed by atoms with Gasteiger partial charge in [0, 0.05) is 26.5 Å². The van der Waals surface area contributed by atoms with Crippen molar-refractivity contribution in [3.8, 4) is 0 Å². The van der Waals surface area contributed by atoms with E-state index in [9.17, 15) is 14.4 Å². The molecular formula is C14H26N4O5. The van der Waals surface area contributed by atoms with Crippen LogP contribution in [-0.4, -0.2) is 50.5 Å². The highest BCUT2D eigenvalue weighted by molar-refractivity contribution is 5.76. The Morgan fingerprint density at radius 1 is 1.35 bits per heavy atom. The number of likely N-dealkylation sites (N-methyl/N-ethyl adjacent to an activating group) is 1. The van der Waals surface area contributed by atoms with Gasteiger partial charge in [-0.1, -0.05) is 6.08 Å². The highest BCUT2D eigenvalue weighted by Crippen LogP contribution is 2.02. The molecule has 9 nitrogen and oxygen atoms in total. The number of esters is 2. The van der Waals surface area contributed by atoms with Gasteiger partial charge in [-0.25, -0.2) is 4.99 Å². The lowest BCUT2D eigenvalue weighted by Crippen LogP contribution is -2.37. The third kappa shape index (κ3) is 15.9. The number of nitrogens with two attached hydrogens (primary N) is 2. The first kappa shape index (κ1) is 23.0. The van der Waals surface area contributed by atoms with E-state index in [0.717, 1.165) is 12.6 Å². The van der Waals surface area contributed by atoms with E-state index in [0.29, 0.717) is 19.4 Å². The van der Waals surface area contributed by atoms with Crippen LogP contribution in [0.1, 0.15) is 26.7 Å². The largest absolute Gasteiger partial charge is 0.426 e. The molecule has 0 aliphatic rings. The smallest absolute Gasteiger partial charge is 0.326 e. The van der Waals surface area contributed by atoms with Crippen molar-refractivity contribution in [1.82, 2.24) is 5.32 Å². The van der Waals surface area contributed by atoms with Crippen molar-refractivity contribution < 1.29 is 23.9 Å². The molecule has 0 rings (SSSR count). The molecule has 0 spiro atoms. The van der Waals surface area contributed by atoms with E-state index >= 15 is 0 Å². The third-order valence-electron chi connectivity index (χ3n) is 2.18. The molecule has 0 aromatic rings. The van der Waals surface area contributed by atoms with Gasteiger partial charge < -0.3 is 31.1 Å². The molecule has 0 aliphatic heterocycles. The number of aliphatic imine (C=N–C) groups is 1. The van der Waals surface area contributed by atoms with Crippen LogP contribution < -0.4 is 16.8 Å². The summed E-state index contributed by atoms with van der Waals surface area (Å²) in [6, 6.07) is -0.535. The Balaban J connectivity index is 0. The Hall–Kier alpha value is -2.26. The topological polar surface area (TPSA) is 146 Å². The predicted octanol–water partition coefficient (Wildman–Crippen LogP) is -0.548. The Morgan fingerprint density at radius 3 is 2.39 bits per heavy atom. The monoisotopic (exact) mass is 330 g/mol. The minimum absolute atomic E-state index is 0.388. The molecule has 0 bridgehead atoms. The summed E-state index contributed by atoms with van der Waals surface area (Å²) < 4.78 is 9.62. The minimum atomic E-state index is -0.906. The number of carbonyl (C=O) groups excluding carboxylic acids is 3. The fraction of sp³-hybridized carbons (Fsp3) is 0.571. The molecule has 0 saturated carbocycles. The van der Waals surface area contributed by atoms with Gasteiger partial charge in [-0.15, -0.1) is 0 Å². The number of hydrogen-bond donors (Lipinski definition) is 3. The van der Waals surface area contributed by atoms with Crippen LogP contribution in [0.5, 0.6) is 0 Å². The fourth-order valence-electron chi connectivity index (χ4n) is 1.21. The van der Waals surface area contributed by atoms with E-state index < -0.39 is 24.3 Å². The quantitative estimate of drug-likeness (QED) is 0.168. The first-order valence-electron chi connectivity index (χ1n) is 6.99. The molecule has 2 atom stereocenters. The summed E-state index contributed by atoms with van der Waals surface area (Å²) in [5, 5.41) is 2.79. The number of nitrogens with one attached hydrogen (secondary N) is 1. The molecule has 23 heavy (non-hydrogen) atoms. The molecule has 132 valence electrons. The minimum Gasteiger partial charge on any atom is -0.426 e. The highest BCUT2D eigenvalue weighted by atomic mass is 16.7. The molecule has 5 N–H and O–H groups in total. The molecule has 2 unspecified atom stereocenters. The molecule has 0 aromatic heterocycles. The van der Waals surface area contributed by atoms with Gasteiger partial charge in [-0.3, -0.25) is 9.59 Å². The number of aldehydes is 1. The maximum Gasteiger partial charge on any atom is 0.326 e. The molecule has 0 fully saturated rings. The van der Waals surface area contributed by atoms with E-state index in [1.807, 2.05) is 0 Å². The van der Waals surface area contributed by atoms with Crippen LogP contribution in [0.3, 0.4) is 0 Å². The predicted molar refractivity (Wildman–Crippen MR) is 86.3 cm³/mol. The zero-order chi connectivity index (χ0) is 18.1. The van der Waals surface area contributed by atoms with Gasteiger partial charge in [0.2, 0.25) is 6.29 Å². The van der Waals surface area contributed by atoms with Gasteiger partial charge >= 0.3 is 11.9 Å². The van der Waals surface area contributed by atoms with E-state index in [1.54, 1.807) is 13.1 Å². The SMILES string of the molecule is CNC(C/C=C/N=CN)C(=O)OC(C)OC(C)=O.NCCC=O. The van der Waals surface area contributed by atoms with Crippen LogP contribution >= 0.6 is 0 Å². The Kier molecular flexibility index (Phi) is 16.1. The van der Waals surface area contributed by atoms with Crippen molar-refractivity contribution >= 4 is 24.6 Å². The average molecular weight is 330 g/mol. The van der Waals surface area contributed by atoms with E-state index in [4.69, 9.17) is 20.9 Å². The van der Waals surface area contributed by atoms with Crippen LogP contribution in [-0.2, 0) is 23.9 Å². The maximum absolute atomic E-state index is 11.7. The van der Waals surface area contributed by atoms with Gasteiger partial charge in [0.1, 0.15) is 12.3 Å². The Bertz CT molecular complexity index is 399. The molecule has 0 saturated heterocycles. The number of hydrogen-bond acceptors (Lipinski definition) is 8. The fourth-order valence-corrected chi connectivity index (χ4v) is 1.21. The first-order chi connectivity index (χ1) is 10.9. The summed E-state index contributed by atoms with van der Waals surface area (Å²) in [5.74, 6) is -1.01. The lowest BCUT2D eigenvalue weighted by molar-refractivity contribution is -0.184. The normalized spacial score (nSPS) is 13.0. The van der Waals surface area contributed by atoms with Crippen molar-refractivity contribution in [3.63, 3.8) is 0 Å². The van der Waals surface area contributed by atoms with Crippen LogP contribution in [0.25, 0.3) is 0 Å². The van der Waals surface area contributed by atoms with Crippen LogP contribution in [0.15, 0.2) is 17.3 Å². The second kappa shape index (κ2) is 16.1. The highest BCUT2D eigenvalue weighted by Gasteiger charge is 2.20. The third-order valence-corrected chi connectivity index (χ3v) is 2.18.